The summed E-state index contributed by atoms with van der Waals surface area (Å²) >= 11 is 0. The molecule has 8 nitrogen and oxygen atoms in total. The zero-order chi connectivity index (χ0) is 16.9. The highest BCUT2D eigenvalue weighted by atomic mass is 16.5. The van der Waals surface area contributed by atoms with Gasteiger partial charge in [-0.15, -0.1) is 0 Å². The molecule has 1 amide bonds. The van der Waals surface area contributed by atoms with Gasteiger partial charge in [-0.3, -0.25) is 9.89 Å². The summed E-state index contributed by atoms with van der Waals surface area (Å²) in [6, 6.07) is -0.791. The Bertz CT molecular complexity index is 707. The maximum Gasteiger partial charge on any atom is 0.328 e. The van der Waals surface area contributed by atoms with Crippen molar-refractivity contribution in [3.63, 3.8) is 0 Å². The molecule has 3 rings (SSSR count). The number of esters is 1. The summed E-state index contributed by atoms with van der Waals surface area (Å²) in [5.41, 5.74) is 3.12. The SMILES string of the molecule is COC(=O)[C@H](Cc1cnc[nH]1)NC(=O)c1n[nH]c2c1CCCCC2. The number of aryl methyl sites for hydroxylation is 1. The van der Waals surface area contributed by atoms with Gasteiger partial charge in [-0.2, -0.15) is 5.10 Å². The van der Waals surface area contributed by atoms with E-state index in [1.807, 2.05) is 0 Å². The van der Waals surface area contributed by atoms with Crippen molar-refractivity contribution in [1.29, 1.82) is 0 Å². The molecule has 0 spiro atoms. The van der Waals surface area contributed by atoms with Crippen molar-refractivity contribution in [2.24, 2.45) is 0 Å². The molecule has 0 aliphatic heterocycles. The van der Waals surface area contributed by atoms with Crippen molar-refractivity contribution in [3.05, 3.63) is 35.2 Å². The molecule has 24 heavy (non-hydrogen) atoms. The van der Waals surface area contributed by atoms with Crippen LogP contribution in [0.4, 0.5) is 0 Å². The van der Waals surface area contributed by atoms with Crippen LogP contribution in [-0.4, -0.2) is 45.2 Å². The van der Waals surface area contributed by atoms with Gasteiger partial charge in [0, 0.05) is 29.6 Å². The minimum absolute atomic E-state index is 0.283. The van der Waals surface area contributed by atoms with E-state index in [0.29, 0.717) is 5.69 Å². The number of imidazole rings is 1. The Morgan fingerprint density at radius 2 is 2.17 bits per heavy atom. The van der Waals surface area contributed by atoms with E-state index in [9.17, 15) is 9.59 Å². The van der Waals surface area contributed by atoms with E-state index in [1.165, 1.54) is 13.4 Å². The van der Waals surface area contributed by atoms with Crippen molar-refractivity contribution in [3.8, 4) is 0 Å². The van der Waals surface area contributed by atoms with Crippen molar-refractivity contribution in [2.45, 2.75) is 44.6 Å². The fourth-order valence-electron chi connectivity index (χ4n) is 3.02. The first-order valence-electron chi connectivity index (χ1n) is 8.11. The van der Waals surface area contributed by atoms with Crippen LogP contribution >= 0.6 is 0 Å². The van der Waals surface area contributed by atoms with Crippen LogP contribution in [0.2, 0.25) is 0 Å². The van der Waals surface area contributed by atoms with Gasteiger partial charge in [-0.05, 0) is 25.7 Å². The number of aromatic amines is 2. The van der Waals surface area contributed by atoms with E-state index in [0.717, 1.165) is 49.1 Å². The number of ether oxygens (including phenoxy) is 1. The van der Waals surface area contributed by atoms with E-state index in [1.54, 1.807) is 6.20 Å². The second-order valence-corrected chi connectivity index (χ2v) is 5.92. The first-order chi connectivity index (χ1) is 11.7. The molecule has 3 N–H and O–H groups in total. The van der Waals surface area contributed by atoms with Crippen LogP contribution in [0.1, 0.15) is 46.7 Å². The van der Waals surface area contributed by atoms with Gasteiger partial charge in [0.25, 0.3) is 5.91 Å². The summed E-state index contributed by atoms with van der Waals surface area (Å²) in [6.45, 7) is 0. The van der Waals surface area contributed by atoms with Crippen molar-refractivity contribution in [1.82, 2.24) is 25.5 Å². The third kappa shape index (κ3) is 3.47. The second-order valence-electron chi connectivity index (χ2n) is 5.92. The fourth-order valence-corrected chi connectivity index (χ4v) is 3.02. The molecule has 2 heterocycles. The van der Waals surface area contributed by atoms with E-state index in [2.05, 4.69) is 25.5 Å². The lowest BCUT2D eigenvalue weighted by Gasteiger charge is -2.15. The molecule has 0 aromatic carbocycles. The minimum atomic E-state index is -0.791. The number of carbonyl (C=O) groups is 2. The van der Waals surface area contributed by atoms with Crippen LogP contribution < -0.4 is 5.32 Å². The smallest absolute Gasteiger partial charge is 0.328 e. The largest absolute Gasteiger partial charge is 0.467 e. The quantitative estimate of drug-likeness (QED) is 0.557. The molecule has 0 unspecified atom stereocenters. The molecule has 1 aliphatic carbocycles. The highest BCUT2D eigenvalue weighted by Gasteiger charge is 2.27. The molecule has 8 heteroatoms. The minimum Gasteiger partial charge on any atom is -0.467 e. The second kappa shape index (κ2) is 7.29. The van der Waals surface area contributed by atoms with Crippen LogP contribution in [-0.2, 0) is 28.8 Å². The van der Waals surface area contributed by atoms with E-state index < -0.39 is 12.0 Å². The predicted octanol–water partition coefficient (Wildman–Crippen LogP) is 0.916. The number of nitrogens with zero attached hydrogens (tertiary/aromatic N) is 2. The fraction of sp³-hybridized carbons (Fsp3) is 0.500. The third-order valence-corrected chi connectivity index (χ3v) is 4.29. The van der Waals surface area contributed by atoms with Crippen molar-refractivity contribution >= 4 is 11.9 Å². The van der Waals surface area contributed by atoms with E-state index in [4.69, 9.17) is 4.74 Å². The molecule has 1 aliphatic rings. The summed E-state index contributed by atoms with van der Waals surface area (Å²) < 4.78 is 4.80. The normalized spacial score (nSPS) is 15.2. The first-order valence-corrected chi connectivity index (χ1v) is 8.11. The van der Waals surface area contributed by atoms with Crippen molar-refractivity contribution < 1.29 is 14.3 Å². The summed E-state index contributed by atoms with van der Waals surface area (Å²) in [4.78, 5) is 31.5. The maximum atomic E-state index is 12.6. The average Bonchev–Trinajstić information content (AvgIpc) is 3.18. The van der Waals surface area contributed by atoms with E-state index >= 15 is 0 Å². The van der Waals surface area contributed by atoms with Crippen molar-refractivity contribution in [2.75, 3.05) is 7.11 Å². The molecule has 0 saturated carbocycles. The number of fused-ring (bicyclic) bond motifs is 1. The van der Waals surface area contributed by atoms with Crippen LogP contribution in [0.15, 0.2) is 12.5 Å². The Balaban J connectivity index is 1.76. The number of amides is 1. The highest BCUT2D eigenvalue weighted by molar-refractivity contribution is 5.96. The number of nitrogens with one attached hydrogen (secondary N) is 3. The monoisotopic (exact) mass is 331 g/mol. The maximum absolute atomic E-state index is 12.6. The van der Waals surface area contributed by atoms with Gasteiger partial charge < -0.3 is 15.0 Å². The average molecular weight is 331 g/mol. The molecule has 2 aromatic rings. The predicted molar refractivity (Wildman–Crippen MR) is 85.4 cm³/mol. The lowest BCUT2D eigenvalue weighted by atomic mass is 10.1. The zero-order valence-corrected chi connectivity index (χ0v) is 13.6. The first kappa shape index (κ1) is 16.2. The number of hydrogen-bond acceptors (Lipinski definition) is 5. The molecule has 0 saturated heterocycles. The van der Waals surface area contributed by atoms with Crippen LogP contribution in [0.25, 0.3) is 0 Å². The number of rotatable bonds is 5. The molecule has 2 aromatic heterocycles. The Kier molecular flexibility index (Phi) is 4.93. The summed E-state index contributed by atoms with van der Waals surface area (Å²) in [5, 5.41) is 9.87. The van der Waals surface area contributed by atoms with Crippen LogP contribution in [0.5, 0.6) is 0 Å². The zero-order valence-electron chi connectivity index (χ0n) is 13.6. The van der Waals surface area contributed by atoms with Crippen LogP contribution in [0.3, 0.4) is 0 Å². The van der Waals surface area contributed by atoms with Gasteiger partial charge in [0.05, 0.1) is 13.4 Å². The van der Waals surface area contributed by atoms with Gasteiger partial charge in [0.2, 0.25) is 0 Å². The highest BCUT2D eigenvalue weighted by Crippen LogP contribution is 2.21. The summed E-state index contributed by atoms with van der Waals surface area (Å²) in [7, 11) is 1.30. The topological polar surface area (TPSA) is 113 Å². The Hall–Kier alpha value is -2.64. The van der Waals surface area contributed by atoms with E-state index in [-0.39, 0.29) is 12.3 Å². The Labute approximate surface area is 139 Å². The van der Waals surface area contributed by atoms with Gasteiger partial charge in [0.15, 0.2) is 5.69 Å². The number of hydrogen-bond donors (Lipinski definition) is 3. The molecular formula is C16H21N5O3. The third-order valence-electron chi connectivity index (χ3n) is 4.29. The molecule has 1 atom stereocenters. The molecule has 0 fully saturated rings. The lowest BCUT2D eigenvalue weighted by molar-refractivity contribution is -0.142. The Morgan fingerprint density at radius 3 is 2.92 bits per heavy atom. The van der Waals surface area contributed by atoms with Gasteiger partial charge in [-0.25, -0.2) is 9.78 Å². The summed E-state index contributed by atoms with van der Waals surface area (Å²) in [5.74, 6) is -0.858. The molecular weight excluding hydrogens is 310 g/mol. The van der Waals surface area contributed by atoms with Gasteiger partial charge in [-0.1, -0.05) is 6.42 Å². The molecule has 0 radical (unpaired) electrons. The molecule has 128 valence electrons. The number of aromatic nitrogens is 4. The van der Waals surface area contributed by atoms with Gasteiger partial charge >= 0.3 is 5.97 Å². The van der Waals surface area contributed by atoms with Crippen LogP contribution in [0, 0.1) is 0 Å². The standard InChI is InChI=1S/C16H21N5O3/c1-24-16(23)13(7-10-8-17-9-18-10)19-15(22)14-11-5-3-2-4-6-12(11)20-21-14/h8-9,13H,2-7H2,1H3,(H,17,18)(H,19,22)(H,20,21)/t13-/m0/s1. The number of methoxy groups -OCH3 is 1. The Morgan fingerprint density at radius 1 is 1.33 bits per heavy atom. The number of carbonyl (C=O) groups excluding carboxylic acids is 2. The summed E-state index contributed by atoms with van der Waals surface area (Å²) in [6.07, 6.45) is 8.45. The van der Waals surface area contributed by atoms with Gasteiger partial charge in [0.1, 0.15) is 6.04 Å². The lowest BCUT2D eigenvalue weighted by Crippen LogP contribution is -2.43. The molecule has 0 bridgehead atoms. The number of H-pyrrole nitrogens is 2.